The molecule has 0 aliphatic rings. The zero-order chi connectivity index (χ0) is 24.1. The second-order valence-corrected chi connectivity index (χ2v) is 7.78. The number of nitrogens with zero attached hydrogens (tertiary/aromatic N) is 6. The van der Waals surface area contributed by atoms with Crippen LogP contribution in [0.1, 0.15) is 0 Å². The van der Waals surface area contributed by atoms with Crippen LogP contribution in [0.25, 0.3) is 35.2 Å². The summed E-state index contributed by atoms with van der Waals surface area (Å²) in [6.07, 6.45) is 10.3. The van der Waals surface area contributed by atoms with E-state index in [9.17, 15) is 0 Å². The predicted octanol–water partition coefficient (Wildman–Crippen LogP) is 3.82. The van der Waals surface area contributed by atoms with E-state index in [-0.39, 0.29) is 29.6 Å². The van der Waals surface area contributed by atoms with Gasteiger partial charge in [-0.15, -0.1) is 22.0 Å². The van der Waals surface area contributed by atoms with Crippen LogP contribution < -0.4 is 29.6 Å². The molecular formula is C22H20Cl3N6NaS2. The minimum atomic E-state index is 0. The molecule has 0 unspecified atom stereocenters. The van der Waals surface area contributed by atoms with Gasteiger partial charge in [0.2, 0.25) is 0 Å². The summed E-state index contributed by atoms with van der Waals surface area (Å²) >= 11 is 22.9. The van der Waals surface area contributed by atoms with Gasteiger partial charge in [-0.2, -0.15) is 6.26 Å². The van der Waals surface area contributed by atoms with Crippen LogP contribution >= 0.6 is 46.6 Å². The third kappa shape index (κ3) is 10.2. The van der Waals surface area contributed by atoms with Crippen molar-refractivity contribution in [2.45, 2.75) is 0 Å². The molecule has 12 heteroatoms. The Kier molecular flexibility index (Phi) is 15.6. The van der Waals surface area contributed by atoms with E-state index in [1.807, 2.05) is 60.3 Å². The standard InChI is InChI=1S/C11H10ClN3S.C10H7Cl2N3.CH4S.Na/c1-16-6-5-15-8-13-11(14-15)9-3-2-4-10(12)7-9;11-4-5-15-7-13-10(14-15)8-2-1-3-9(12)6-8;1-2;/h2-8H,1H3;1-7H;2H,1H3;/q;;;+1/p-1/b6-5-;5-4-;;. The molecule has 0 fully saturated rings. The topological polar surface area (TPSA) is 61.4 Å². The molecule has 0 atom stereocenters. The van der Waals surface area contributed by atoms with Gasteiger partial charge in [-0.25, -0.2) is 19.3 Å². The summed E-state index contributed by atoms with van der Waals surface area (Å²) < 4.78 is 3.20. The zero-order valence-electron chi connectivity index (χ0n) is 18.7. The van der Waals surface area contributed by atoms with E-state index >= 15 is 0 Å². The molecule has 0 aliphatic heterocycles. The van der Waals surface area contributed by atoms with Crippen LogP contribution in [-0.2, 0) is 12.6 Å². The molecule has 2 aromatic heterocycles. The molecule has 4 aromatic rings. The number of aromatic nitrogens is 6. The van der Waals surface area contributed by atoms with Crippen LogP contribution in [-0.4, -0.2) is 42.0 Å². The van der Waals surface area contributed by atoms with Gasteiger partial charge in [-0.05, 0) is 35.9 Å². The van der Waals surface area contributed by atoms with Crippen molar-refractivity contribution in [1.82, 2.24) is 29.5 Å². The van der Waals surface area contributed by atoms with Gasteiger partial charge in [0.15, 0.2) is 11.6 Å². The van der Waals surface area contributed by atoms with Crippen molar-refractivity contribution in [2.75, 3.05) is 12.5 Å². The molecule has 0 aliphatic carbocycles. The van der Waals surface area contributed by atoms with E-state index in [0.717, 1.165) is 11.1 Å². The van der Waals surface area contributed by atoms with Crippen molar-refractivity contribution in [3.8, 4) is 22.8 Å². The van der Waals surface area contributed by atoms with Crippen molar-refractivity contribution >= 4 is 71.6 Å². The smallest absolute Gasteiger partial charge is 0.796 e. The summed E-state index contributed by atoms with van der Waals surface area (Å²) in [6, 6.07) is 14.9. The molecule has 0 saturated heterocycles. The van der Waals surface area contributed by atoms with Crippen molar-refractivity contribution in [3.63, 3.8) is 0 Å². The minimum absolute atomic E-state index is 0. The molecule has 0 N–H and O–H groups in total. The molecule has 4 rings (SSSR count). The first kappa shape index (κ1) is 30.8. The fourth-order valence-corrected chi connectivity index (χ4v) is 3.14. The fraction of sp³-hybridized carbons (Fsp3) is 0.0909. The quantitative estimate of drug-likeness (QED) is 0.273. The number of thioether (sulfide) groups is 1. The Bertz CT molecular complexity index is 1200. The van der Waals surface area contributed by atoms with Gasteiger partial charge in [0.1, 0.15) is 12.7 Å². The Labute approximate surface area is 246 Å². The molecular weight excluding hydrogens is 542 g/mol. The molecule has 0 bridgehead atoms. The first-order valence-electron chi connectivity index (χ1n) is 9.30. The van der Waals surface area contributed by atoms with Crippen LogP contribution in [0.2, 0.25) is 10.0 Å². The Morgan fingerprint density at radius 1 is 0.824 bits per heavy atom. The van der Waals surface area contributed by atoms with Crippen molar-refractivity contribution in [2.24, 2.45) is 0 Å². The number of hydrogen-bond donors (Lipinski definition) is 0. The monoisotopic (exact) mass is 560 g/mol. The van der Waals surface area contributed by atoms with Crippen LogP contribution in [0.4, 0.5) is 0 Å². The zero-order valence-corrected chi connectivity index (χ0v) is 24.6. The average Bonchev–Trinajstić information content (AvgIpc) is 3.50. The Morgan fingerprint density at radius 2 is 1.29 bits per heavy atom. The summed E-state index contributed by atoms with van der Waals surface area (Å²) in [4.78, 5) is 8.34. The SMILES string of the molecule is CS/C=C\n1cnc(-c2cccc(Cl)c2)n1.C[S-].Cl/C=C\n1cnc(-c2cccc(Cl)c2)n1.[Na+]. The molecule has 0 spiro atoms. The molecule has 0 radical (unpaired) electrons. The van der Waals surface area contributed by atoms with E-state index in [0.29, 0.717) is 21.7 Å². The summed E-state index contributed by atoms with van der Waals surface area (Å²) in [6.45, 7) is 0. The van der Waals surface area contributed by atoms with Crippen LogP contribution in [0.15, 0.2) is 72.1 Å². The minimum Gasteiger partial charge on any atom is -0.796 e. The second kappa shape index (κ2) is 17.2. The van der Waals surface area contributed by atoms with E-state index in [2.05, 4.69) is 32.8 Å². The predicted molar refractivity (Wildman–Crippen MR) is 144 cm³/mol. The maximum atomic E-state index is 5.91. The maximum absolute atomic E-state index is 5.91. The Morgan fingerprint density at radius 3 is 1.71 bits per heavy atom. The maximum Gasteiger partial charge on any atom is 1.00 e. The van der Waals surface area contributed by atoms with E-state index < -0.39 is 0 Å². The molecule has 2 heterocycles. The normalized spacial score (nSPS) is 10.3. The fourth-order valence-electron chi connectivity index (χ4n) is 2.39. The van der Waals surface area contributed by atoms with E-state index in [4.69, 9.17) is 34.8 Å². The third-order valence-electron chi connectivity index (χ3n) is 3.74. The molecule has 34 heavy (non-hydrogen) atoms. The van der Waals surface area contributed by atoms with Gasteiger partial charge < -0.3 is 12.6 Å². The van der Waals surface area contributed by atoms with Gasteiger partial charge >= 0.3 is 29.6 Å². The largest absolute Gasteiger partial charge is 1.00 e. The third-order valence-corrected chi connectivity index (χ3v) is 4.72. The summed E-state index contributed by atoms with van der Waals surface area (Å²) in [5.74, 6) is 1.29. The first-order chi connectivity index (χ1) is 16.1. The Hall–Kier alpha value is -1.23. The van der Waals surface area contributed by atoms with Gasteiger partial charge in [-0.3, -0.25) is 0 Å². The van der Waals surface area contributed by atoms with Gasteiger partial charge in [0.05, 0.1) is 0 Å². The number of halogens is 3. The number of rotatable bonds is 5. The molecule has 2 aromatic carbocycles. The molecule has 6 nitrogen and oxygen atoms in total. The van der Waals surface area contributed by atoms with Gasteiger partial charge in [0.25, 0.3) is 0 Å². The van der Waals surface area contributed by atoms with Gasteiger partial charge in [0, 0.05) is 39.1 Å². The number of benzene rings is 2. The van der Waals surface area contributed by atoms with Crippen LogP contribution in [0.3, 0.4) is 0 Å². The van der Waals surface area contributed by atoms with Crippen LogP contribution in [0, 0.1) is 0 Å². The second-order valence-electron chi connectivity index (χ2n) is 5.91. The first-order valence-corrected chi connectivity index (χ1v) is 12.6. The van der Waals surface area contributed by atoms with Crippen LogP contribution in [0.5, 0.6) is 0 Å². The molecule has 0 saturated carbocycles. The summed E-state index contributed by atoms with van der Waals surface area (Å²) in [7, 11) is 0. The Balaban J connectivity index is 0.000000309. The van der Waals surface area contributed by atoms with E-state index in [1.165, 1.54) is 10.2 Å². The summed E-state index contributed by atoms with van der Waals surface area (Å²) in [5.41, 5.74) is 3.17. The summed E-state index contributed by atoms with van der Waals surface area (Å²) in [5, 5.41) is 11.8. The molecule has 0 amide bonds. The van der Waals surface area contributed by atoms with Crippen molar-refractivity contribution in [1.29, 1.82) is 0 Å². The molecule has 172 valence electrons. The van der Waals surface area contributed by atoms with Crippen molar-refractivity contribution < 1.29 is 29.6 Å². The average molecular weight is 562 g/mol. The van der Waals surface area contributed by atoms with Crippen molar-refractivity contribution in [3.05, 3.63) is 82.2 Å². The number of hydrogen-bond acceptors (Lipinski definition) is 6. The van der Waals surface area contributed by atoms with E-state index in [1.54, 1.807) is 47.6 Å². The van der Waals surface area contributed by atoms with Gasteiger partial charge in [-0.1, -0.05) is 59.1 Å².